The molecule has 0 aliphatic carbocycles. The molecule has 1 N–H and O–H groups in total. The topological polar surface area (TPSA) is 75.3 Å². The summed E-state index contributed by atoms with van der Waals surface area (Å²) in [5.74, 6) is 1.94. The lowest BCUT2D eigenvalue weighted by atomic mass is 9.82. The second-order valence-corrected chi connectivity index (χ2v) is 7.58. The summed E-state index contributed by atoms with van der Waals surface area (Å²) in [7, 11) is 4.59. The third kappa shape index (κ3) is 3.77. The van der Waals surface area contributed by atoms with Gasteiger partial charge in [0.15, 0.2) is 11.5 Å². The molecule has 160 valence electrons. The smallest absolute Gasteiger partial charge is 0.252 e. The highest BCUT2D eigenvalue weighted by molar-refractivity contribution is 5.96. The van der Waals surface area contributed by atoms with Crippen molar-refractivity contribution in [2.45, 2.75) is 30.9 Å². The summed E-state index contributed by atoms with van der Waals surface area (Å²) in [5.41, 5.74) is 1.10. The van der Waals surface area contributed by atoms with E-state index in [0.717, 1.165) is 24.2 Å². The van der Waals surface area contributed by atoms with Gasteiger partial charge in [0.1, 0.15) is 11.4 Å². The van der Waals surface area contributed by atoms with Gasteiger partial charge < -0.3 is 29.0 Å². The Morgan fingerprint density at radius 1 is 1.03 bits per heavy atom. The quantitative estimate of drug-likeness (QED) is 0.809. The Hall–Kier alpha value is -2.93. The maximum atomic E-state index is 13.2. The fourth-order valence-corrected chi connectivity index (χ4v) is 4.25. The second kappa shape index (κ2) is 8.44. The standard InChI is InChI=1S/C23H27NO6/c1-26-19-12-15(13-20(27-2)21(19)28-3)22(25)24-17-14-23(8-10-29-11-9-23)30-18-7-5-4-6-16(17)18/h4-7,12-13,17H,8-11,14H2,1-3H3,(H,24,25)/t17-/m0/s1. The Morgan fingerprint density at radius 3 is 2.33 bits per heavy atom. The summed E-state index contributed by atoms with van der Waals surface area (Å²) >= 11 is 0. The largest absolute Gasteiger partial charge is 0.493 e. The molecule has 0 unspecified atom stereocenters. The molecule has 2 heterocycles. The van der Waals surface area contributed by atoms with Gasteiger partial charge in [-0.15, -0.1) is 0 Å². The summed E-state index contributed by atoms with van der Waals surface area (Å²) in [4.78, 5) is 13.2. The molecule has 1 fully saturated rings. The van der Waals surface area contributed by atoms with Crippen LogP contribution in [-0.4, -0.2) is 46.1 Å². The molecule has 1 saturated heterocycles. The zero-order valence-corrected chi connectivity index (χ0v) is 17.5. The molecular weight excluding hydrogens is 386 g/mol. The van der Waals surface area contributed by atoms with E-state index in [1.54, 1.807) is 12.1 Å². The Balaban J connectivity index is 1.64. The van der Waals surface area contributed by atoms with Gasteiger partial charge in [0, 0.05) is 30.4 Å². The van der Waals surface area contributed by atoms with Crippen molar-refractivity contribution in [1.82, 2.24) is 5.32 Å². The lowest BCUT2D eigenvalue weighted by Crippen LogP contribution is -2.48. The average Bonchev–Trinajstić information content (AvgIpc) is 2.78. The first-order valence-corrected chi connectivity index (χ1v) is 10.1. The number of carbonyl (C=O) groups is 1. The summed E-state index contributed by atoms with van der Waals surface area (Å²) < 4.78 is 28.1. The van der Waals surface area contributed by atoms with Crippen LogP contribution in [-0.2, 0) is 4.74 Å². The van der Waals surface area contributed by atoms with Crippen molar-refractivity contribution in [2.75, 3.05) is 34.5 Å². The second-order valence-electron chi connectivity index (χ2n) is 7.58. The van der Waals surface area contributed by atoms with E-state index < -0.39 is 0 Å². The van der Waals surface area contributed by atoms with Gasteiger partial charge in [0.2, 0.25) is 5.75 Å². The number of nitrogens with one attached hydrogen (secondary N) is 1. The molecule has 0 aromatic heterocycles. The number of methoxy groups -OCH3 is 3. The number of carbonyl (C=O) groups excluding carboxylic acids is 1. The summed E-state index contributed by atoms with van der Waals surface area (Å²) in [6, 6.07) is 11.0. The van der Waals surface area contributed by atoms with E-state index in [2.05, 4.69) is 5.32 Å². The van der Waals surface area contributed by atoms with Gasteiger partial charge in [0.05, 0.1) is 40.6 Å². The normalized spacial score (nSPS) is 19.4. The predicted octanol–water partition coefficient (Wildman–Crippen LogP) is 3.52. The van der Waals surface area contributed by atoms with Gasteiger partial charge in [-0.25, -0.2) is 0 Å². The van der Waals surface area contributed by atoms with Crippen LogP contribution >= 0.6 is 0 Å². The van der Waals surface area contributed by atoms with E-state index in [1.807, 2.05) is 24.3 Å². The number of benzene rings is 2. The maximum Gasteiger partial charge on any atom is 0.252 e. The van der Waals surface area contributed by atoms with Crippen LogP contribution in [0.15, 0.2) is 36.4 Å². The SMILES string of the molecule is COc1cc(C(=O)N[C@H]2CC3(CCOCC3)Oc3ccccc32)cc(OC)c1OC. The molecule has 4 rings (SSSR count). The van der Waals surface area contributed by atoms with Crippen LogP contribution in [0.25, 0.3) is 0 Å². The number of rotatable bonds is 5. The highest BCUT2D eigenvalue weighted by atomic mass is 16.5. The minimum Gasteiger partial charge on any atom is -0.493 e. The third-order valence-corrected chi connectivity index (χ3v) is 5.83. The minimum atomic E-state index is -0.320. The van der Waals surface area contributed by atoms with E-state index in [-0.39, 0.29) is 17.6 Å². The third-order valence-electron chi connectivity index (χ3n) is 5.83. The zero-order chi connectivity index (χ0) is 21.1. The van der Waals surface area contributed by atoms with Crippen LogP contribution in [0.2, 0.25) is 0 Å². The Bertz CT molecular complexity index is 897. The van der Waals surface area contributed by atoms with E-state index in [1.165, 1.54) is 21.3 Å². The first kappa shape index (κ1) is 20.3. The van der Waals surface area contributed by atoms with Crippen LogP contribution in [0.1, 0.15) is 41.2 Å². The molecule has 2 aliphatic heterocycles. The summed E-state index contributed by atoms with van der Waals surface area (Å²) in [6.45, 7) is 1.32. The molecule has 7 nitrogen and oxygen atoms in total. The van der Waals surface area contributed by atoms with E-state index in [4.69, 9.17) is 23.7 Å². The number of ether oxygens (including phenoxy) is 5. The molecule has 30 heavy (non-hydrogen) atoms. The number of para-hydroxylation sites is 1. The molecule has 1 atom stereocenters. The molecule has 0 bridgehead atoms. The monoisotopic (exact) mass is 413 g/mol. The zero-order valence-electron chi connectivity index (χ0n) is 17.5. The molecule has 1 amide bonds. The molecule has 1 spiro atoms. The Kier molecular flexibility index (Phi) is 5.72. The van der Waals surface area contributed by atoms with Crippen LogP contribution in [0, 0.1) is 0 Å². The average molecular weight is 413 g/mol. The molecule has 7 heteroatoms. The fourth-order valence-electron chi connectivity index (χ4n) is 4.25. The first-order valence-electron chi connectivity index (χ1n) is 10.1. The highest BCUT2D eigenvalue weighted by Gasteiger charge is 2.42. The number of fused-ring (bicyclic) bond motifs is 1. The maximum absolute atomic E-state index is 13.2. The molecular formula is C23H27NO6. The minimum absolute atomic E-state index is 0.167. The Labute approximate surface area is 176 Å². The fraction of sp³-hybridized carbons (Fsp3) is 0.435. The summed E-state index contributed by atoms with van der Waals surface area (Å²) in [6.07, 6.45) is 2.30. The van der Waals surface area contributed by atoms with E-state index in [0.29, 0.717) is 42.4 Å². The van der Waals surface area contributed by atoms with Gasteiger partial charge in [-0.2, -0.15) is 0 Å². The molecule has 2 aliphatic rings. The van der Waals surface area contributed by atoms with Crippen molar-refractivity contribution >= 4 is 5.91 Å². The van der Waals surface area contributed by atoms with E-state index >= 15 is 0 Å². The van der Waals surface area contributed by atoms with Gasteiger partial charge in [-0.3, -0.25) is 4.79 Å². The van der Waals surface area contributed by atoms with Crippen LogP contribution in [0.5, 0.6) is 23.0 Å². The number of hydrogen-bond donors (Lipinski definition) is 1. The van der Waals surface area contributed by atoms with Gasteiger partial charge in [0.25, 0.3) is 5.91 Å². The molecule has 0 radical (unpaired) electrons. The van der Waals surface area contributed by atoms with Crippen molar-refractivity contribution < 1.29 is 28.5 Å². The molecule has 2 aromatic rings. The van der Waals surface area contributed by atoms with Crippen molar-refractivity contribution in [3.8, 4) is 23.0 Å². The van der Waals surface area contributed by atoms with Crippen LogP contribution < -0.4 is 24.3 Å². The lowest BCUT2D eigenvalue weighted by Gasteiger charge is -2.44. The Morgan fingerprint density at radius 2 is 1.70 bits per heavy atom. The van der Waals surface area contributed by atoms with Gasteiger partial charge in [-0.05, 0) is 18.2 Å². The van der Waals surface area contributed by atoms with Gasteiger partial charge >= 0.3 is 0 Å². The number of amides is 1. The van der Waals surface area contributed by atoms with E-state index in [9.17, 15) is 4.79 Å². The lowest BCUT2D eigenvalue weighted by molar-refractivity contribution is -0.0639. The first-order chi connectivity index (χ1) is 14.6. The highest BCUT2D eigenvalue weighted by Crippen LogP contribution is 2.44. The van der Waals surface area contributed by atoms with Crippen LogP contribution in [0.3, 0.4) is 0 Å². The number of hydrogen-bond acceptors (Lipinski definition) is 6. The van der Waals surface area contributed by atoms with Crippen molar-refractivity contribution in [2.24, 2.45) is 0 Å². The van der Waals surface area contributed by atoms with Gasteiger partial charge in [-0.1, -0.05) is 18.2 Å². The van der Waals surface area contributed by atoms with Crippen LogP contribution in [0.4, 0.5) is 0 Å². The van der Waals surface area contributed by atoms with Crippen molar-refractivity contribution in [1.29, 1.82) is 0 Å². The predicted molar refractivity (Wildman–Crippen MR) is 111 cm³/mol. The molecule has 2 aromatic carbocycles. The molecule has 0 saturated carbocycles. The van der Waals surface area contributed by atoms with Crippen molar-refractivity contribution in [3.63, 3.8) is 0 Å². The summed E-state index contributed by atoms with van der Waals surface area (Å²) in [5, 5.41) is 3.19. The van der Waals surface area contributed by atoms with Crippen molar-refractivity contribution in [3.05, 3.63) is 47.5 Å².